The van der Waals surface area contributed by atoms with Gasteiger partial charge >= 0.3 is 5.69 Å². The molecule has 26 heavy (non-hydrogen) atoms. The zero-order valence-corrected chi connectivity index (χ0v) is 15.6. The average molecular weight is 361 g/mol. The van der Waals surface area contributed by atoms with Crippen LogP contribution < -0.4 is 11.2 Å². The summed E-state index contributed by atoms with van der Waals surface area (Å²) in [5.74, 6) is 1.44. The van der Waals surface area contributed by atoms with E-state index < -0.39 is 0 Å². The highest BCUT2D eigenvalue weighted by atomic mass is 16.5. The van der Waals surface area contributed by atoms with Crippen LogP contribution in [-0.4, -0.2) is 56.4 Å². The third-order valence-corrected chi connectivity index (χ3v) is 6.07. The Morgan fingerprint density at radius 3 is 2.69 bits per heavy atom. The van der Waals surface area contributed by atoms with Gasteiger partial charge in [0.25, 0.3) is 5.56 Å². The van der Waals surface area contributed by atoms with Crippen LogP contribution in [0, 0.1) is 11.8 Å². The Labute approximate surface area is 152 Å². The van der Waals surface area contributed by atoms with Crippen molar-refractivity contribution in [2.75, 3.05) is 32.8 Å². The molecule has 8 heteroatoms. The van der Waals surface area contributed by atoms with E-state index in [0.29, 0.717) is 23.6 Å². The summed E-state index contributed by atoms with van der Waals surface area (Å²) < 4.78 is 10.3. The molecule has 2 aromatic rings. The monoisotopic (exact) mass is 361 g/mol. The van der Waals surface area contributed by atoms with Gasteiger partial charge in [0.2, 0.25) is 0 Å². The normalized spacial score (nSPS) is 22.5. The number of ether oxygens (including phenoxy) is 1. The van der Waals surface area contributed by atoms with Gasteiger partial charge in [-0.25, -0.2) is 9.78 Å². The van der Waals surface area contributed by atoms with Crippen LogP contribution in [0.2, 0.25) is 0 Å². The first-order valence-corrected chi connectivity index (χ1v) is 9.47. The Kier molecular flexibility index (Phi) is 4.71. The van der Waals surface area contributed by atoms with E-state index in [2.05, 4.69) is 9.88 Å². The maximum absolute atomic E-state index is 12.5. The highest BCUT2D eigenvalue weighted by Gasteiger charge is 2.30. The summed E-state index contributed by atoms with van der Waals surface area (Å²) in [5, 5.41) is 0. The molecule has 0 radical (unpaired) electrons. The standard InChI is InChI=1S/C18H27N5O3/c1-20-16-15(17(24)21(2)18(20)25)23(12-19-16)7-6-22-8-9-26-11-14(10-22)13-4-3-5-13/h12-14H,3-11H2,1-2H3. The topological polar surface area (TPSA) is 74.3 Å². The van der Waals surface area contributed by atoms with Crippen LogP contribution in [-0.2, 0) is 25.4 Å². The smallest absolute Gasteiger partial charge is 0.332 e. The highest BCUT2D eigenvalue weighted by molar-refractivity contribution is 5.69. The van der Waals surface area contributed by atoms with E-state index in [-0.39, 0.29) is 11.2 Å². The van der Waals surface area contributed by atoms with E-state index in [1.807, 2.05) is 4.57 Å². The van der Waals surface area contributed by atoms with Gasteiger partial charge in [0.05, 0.1) is 19.5 Å². The molecule has 0 N–H and O–H groups in total. The summed E-state index contributed by atoms with van der Waals surface area (Å²) in [7, 11) is 3.16. The third kappa shape index (κ3) is 3.01. The predicted octanol–water partition coefficient (Wildman–Crippen LogP) is 0.182. The maximum atomic E-state index is 12.5. The summed E-state index contributed by atoms with van der Waals surface area (Å²) in [6.07, 6.45) is 5.68. The molecule has 2 aliphatic rings. The molecule has 2 fully saturated rings. The maximum Gasteiger partial charge on any atom is 0.332 e. The molecule has 4 rings (SSSR count). The van der Waals surface area contributed by atoms with E-state index in [9.17, 15) is 9.59 Å². The van der Waals surface area contributed by atoms with E-state index in [1.165, 1.54) is 30.9 Å². The molecule has 1 unspecified atom stereocenters. The molecule has 0 spiro atoms. The molecule has 0 amide bonds. The van der Waals surface area contributed by atoms with Crippen LogP contribution in [0.4, 0.5) is 0 Å². The highest BCUT2D eigenvalue weighted by Crippen LogP contribution is 2.34. The summed E-state index contributed by atoms with van der Waals surface area (Å²) >= 11 is 0. The lowest BCUT2D eigenvalue weighted by Crippen LogP contribution is -2.39. The Morgan fingerprint density at radius 1 is 1.15 bits per heavy atom. The van der Waals surface area contributed by atoms with Crippen molar-refractivity contribution < 1.29 is 4.74 Å². The molecule has 1 aliphatic carbocycles. The molecule has 1 atom stereocenters. The van der Waals surface area contributed by atoms with Gasteiger partial charge in [-0.15, -0.1) is 0 Å². The van der Waals surface area contributed by atoms with Gasteiger partial charge in [-0.3, -0.25) is 18.8 Å². The van der Waals surface area contributed by atoms with Gasteiger partial charge in [-0.05, 0) is 11.8 Å². The van der Waals surface area contributed by atoms with Crippen LogP contribution in [0.1, 0.15) is 19.3 Å². The quantitative estimate of drug-likeness (QED) is 0.777. The fourth-order valence-corrected chi connectivity index (χ4v) is 4.12. The first-order valence-electron chi connectivity index (χ1n) is 9.47. The van der Waals surface area contributed by atoms with Crippen molar-refractivity contribution >= 4 is 11.2 Å². The fraction of sp³-hybridized carbons (Fsp3) is 0.722. The van der Waals surface area contributed by atoms with Gasteiger partial charge in [0.15, 0.2) is 11.2 Å². The van der Waals surface area contributed by atoms with Gasteiger partial charge in [-0.1, -0.05) is 19.3 Å². The minimum Gasteiger partial charge on any atom is -0.380 e. The summed E-state index contributed by atoms with van der Waals surface area (Å²) in [6.45, 7) is 5.16. The first-order chi connectivity index (χ1) is 12.6. The summed E-state index contributed by atoms with van der Waals surface area (Å²) in [5.41, 5.74) is 0.314. The van der Waals surface area contributed by atoms with Crippen molar-refractivity contribution in [2.24, 2.45) is 25.9 Å². The number of hydrogen-bond acceptors (Lipinski definition) is 5. The molecular formula is C18H27N5O3. The average Bonchev–Trinajstić information content (AvgIpc) is 2.88. The second kappa shape index (κ2) is 7.00. The molecular weight excluding hydrogens is 334 g/mol. The van der Waals surface area contributed by atoms with Crippen molar-refractivity contribution in [1.29, 1.82) is 0 Å². The zero-order chi connectivity index (χ0) is 18.3. The van der Waals surface area contributed by atoms with Crippen molar-refractivity contribution in [3.8, 4) is 0 Å². The zero-order valence-electron chi connectivity index (χ0n) is 15.6. The van der Waals surface area contributed by atoms with E-state index in [0.717, 1.165) is 43.3 Å². The van der Waals surface area contributed by atoms with Crippen LogP contribution >= 0.6 is 0 Å². The molecule has 1 aliphatic heterocycles. The van der Waals surface area contributed by atoms with Crippen molar-refractivity contribution in [3.05, 3.63) is 27.2 Å². The third-order valence-electron chi connectivity index (χ3n) is 6.07. The van der Waals surface area contributed by atoms with Crippen LogP contribution in [0.25, 0.3) is 11.2 Å². The number of rotatable bonds is 4. The van der Waals surface area contributed by atoms with Crippen molar-refractivity contribution in [2.45, 2.75) is 25.8 Å². The largest absolute Gasteiger partial charge is 0.380 e. The van der Waals surface area contributed by atoms with E-state index in [1.54, 1.807) is 13.4 Å². The summed E-state index contributed by atoms with van der Waals surface area (Å²) in [4.78, 5) is 31.3. The lowest BCUT2D eigenvalue weighted by Gasteiger charge is -2.35. The molecule has 8 nitrogen and oxygen atoms in total. The minimum absolute atomic E-state index is 0.285. The van der Waals surface area contributed by atoms with Gasteiger partial charge in [0, 0.05) is 40.3 Å². The van der Waals surface area contributed by atoms with Gasteiger partial charge in [0.1, 0.15) is 0 Å². The second-order valence-electron chi connectivity index (χ2n) is 7.64. The number of imidazole rings is 1. The minimum atomic E-state index is -0.347. The molecule has 1 saturated carbocycles. The molecule has 0 bridgehead atoms. The first kappa shape index (κ1) is 17.5. The predicted molar refractivity (Wildman–Crippen MR) is 98.3 cm³/mol. The lowest BCUT2D eigenvalue weighted by molar-refractivity contribution is 0.0770. The molecule has 142 valence electrons. The second-order valence-corrected chi connectivity index (χ2v) is 7.64. The van der Waals surface area contributed by atoms with Crippen LogP contribution in [0.3, 0.4) is 0 Å². The number of fused-ring (bicyclic) bond motifs is 1. The van der Waals surface area contributed by atoms with Crippen molar-refractivity contribution in [3.63, 3.8) is 0 Å². The molecule has 2 aromatic heterocycles. The number of hydrogen-bond donors (Lipinski definition) is 0. The lowest BCUT2D eigenvalue weighted by atomic mass is 9.76. The molecule has 0 aromatic carbocycles. The van der Waals surface area contributed by atoms with Gasteiger partial charge in [-0.2, -0.15) is 0 Å². The van der Waals surface area contributed by atoms with Gasteiger partial charge < -0.3 is 9.30 Å². The Hall–Kier alpha value is -1.93. The molecule has 3 heterocycles. The Bertz CT molecular complexity index is 908. The number of nitrogens with zero attached hydrogens (tertiary/aromatic N) is 5. The van der Waals surface area contributed by atoms with E-state index >= 15 is 0 Å². The fourth-order valence-electron chi connectivity index (χ4n) is 4.12. The van der Waals surface area contributed by atoms with Crippen molar-refractivity contribution in [1.82, 2.24) is 23.6 Å². The molecule has 1 saturated heterocycles. The summed E-state index contributed by atoms with van der Waals surface area (Å²) in [6, 6.07) is 0. The van der Waals surface area contributed by atoms with E-state index in [4.69, 9.17) is 4.74 Å². The Morgan fingerprint density at radius 2 is 1.96 bits per heavy atom. The SMILES string of the molecule is Cn1c(=O)c2c(ncn2CCN2CCOCC(C3CCC3)C2)n(C)c1=O. The Balaban J connectivity index is 1.52. The van der Waals surface area contributed by atoms with Crippen LogP contribution in [0.5, 0.6) is 0 Å². The van der Waals surface area contributed by atoms with Crippen LogP contribution in [0.15, 0.2) is 15.9 Å². The number of aromatic nitrogens is 4. The number of aryl methyl sites for hydroxylation is 1.